The molecule has 0 saturated carbocycles. The minimum Gasteiger partial charge on any atom is -0.271 e. The molecule has 2 nitrogen and oxygen atoms in total. The molecule has 3 unspecified atom stereocenters. The molecular formula is C10H20N2S2. The largest absolute Gasteiger partial charge is 0.271 e. The molecule has 82 valence electrons. The highest BCUT2D eigenvalue weighted by molar-refractivity contribution is 8.07. The predicted octanol–water partition coefficient (Wildman–Crippen LogP) is 2.02. The predicted molar refractivity (Wildman–Crippen MR) is 68.7 cm³/mol. The van der Waals surface area contributed by atoms with Crippen molar-refractivity contribution in [3.05, 3.63) is 12.7 Å². The maximum Gasteiger partial charge on any atom is 0.0374 e. The van der Waals surface area contributed by atoms with Crippen molar-refractivity contribution in [2.45, 2.75) is 36.3 Å². The molecule has 3 N–H and O–H groups in total. The highest BCUT2D eigenvalue weighted by atomic mass is 32.2. The highest BCUT2D eigenvalue weighted by Crippen LogP contribution is 2.35. The van der Waals surface area contributed by atoms with E-state index >= 15 is 0 Å². The van der Waals surface area contributed by atoms with Crippen LogP contribution >= 0.6 is 23.5 Å². The fourth-order valence-electron chi connectivity index (χ4n) is 1.79. The summed E-state index contributed by atoms with van der Waals surface area (Å²) in [4.78, 5) is 0. The number of rotatable bonds is 5. The second-order valence-electron chi connectivity index (χ2n) is 3.45. The third-order valence-corrected chi connectivity index (χ3v) is 5.93. The maximum atomic E-state index is 5.59. The van der Waals surface area contributed by atoms with E-state index in [9.17, 15) is 0 Å². The molecule has 4 heteroatoms. The van der Waals surface area contributed by atoms with Crippen molar-refractivity contribution < 1.29 is 0 Å². The molecule has 0 aliphatic carbocycles. The molecule has 1 heterocycles. The Balaban J connectivity index is 2.55. The number of hydrogen-bond acceptors (Lipinski definition) is 4. The summed E-state index contributed by atoms with van der Waals surface area (Å²) in [6.07, 6.45) is 4.15. The lowest BCUT2D eigenvalue weighted by Crippen LogP contribution is -2.47. The Kier molecular flexibility index (Phi) is 6.01. The second-order valence-corrected chi connectivity index (χ2v) is 6.08. The van der Waals surface area contributed by atoms with Gasteiger partial charge in [-0.15, -0.1) is 6.58 Å². The molecule has 0 amide bonds. The maximum absolute atomic E-state index is 5.59. The van der Waals surface area contributed by atoms with Crippen LogP contribution in [0.1, 0.15) is 19.8 Å². The molecule has 1 aliphatic rings. The van der Waals surface area contributed by atoms with E-state index in [0.717, 1.165) is 11.7 Å². The zero-order valence-corrected chi connectivity index (χ0v) is 10.4. The number of hydrazine groups is 1. The van der Waals surface area contributed by atoms with E-state index in [-0.39, 0.29) is 0 Å². The fraction of sp³-hybridized carbons (Fsp3) is 0.800. The standard InChI is InChI=1S/C10H20N2S2/c1-3-5-8(12-11)10-9(4-2)13-6-7-14-10/h3,8-10,12H,1,4-7,11H2,2H3. The summed E-state index contributed by atoms with van der Waals surface area (Å²) in [5.41, 5.74) is 2.93. The minimum atomic E-state index is 0.384. The van der Waals surface area contributed by atoms with E-state index in [2.05, 4.69) is 42.5 Å². The summed E-state index contributed by atoms with van der Waals surface area (Å²) >= 11 is 4.15. The molecule has 1 aliphatic heterocycles. The molecule has 0 aromatic carbocycles. The zero-order chi connectivity index (χ0) is 10.4. The monoisotopic (exact) mass is 232 g/mol. The summed E-state index contributed by atoms with van der Waals surface area (Å²) in [5, 5.41) is 1.39. The van der Waals surface area contributed by atoms with Gasteiger partial charge in [-0.2, -0.15) is 23.5 Å². The number of hydrogen-bond donors (Lipinski definition) is 2. The van der Waals surface area contributed by atoms with Gasteiger partial charge < -0.3 is 0 Å². The normalized spacial score (nSPS) is 29.9. The first-order chi connectivity index (χ1) is 6.83. The average molecular weight is 232 g/mol. The summed E-state index contributed by atoms with van der Waals surface area (Å²) in [5.74, 6) is 8.12. The SMILES string of the molecule is C=CCC(NN)C1SCCSC1CC. The van der Waals surface area contributed by atoms with Gasteiger partial charge in [-0.1, -0.05) is 13.0 Å². The molecule has 14 heavy (non-hydrogen) atoms. The molecule has 1 saturated heterocycles. The van der Waals surface area contributed by atoms with Crippen molar-refractivity contribution in [1.82, 2.24) is 5.43 Å². The molecule has 0 radical (unpaired) electrons. The van der Waals surface area contributed by atoms with E-state index in [0.29, 0.717) is 11.3 Å². The van der Waals surface area contributed by atoms with Gasteiger partial charge in [-0.25, -0.2) is 0 Å². The molecule has 1 fully saturated rings. The molecule has 0 aromatic rings. The Morgan fingerprint density at radius 3 is 2.86 bits per heavy atom. The quantitative estimate of drug-likeness (QED) is 0.432. The van der Waals surface area contributed by atoms with Crippen molar-refractivity contribution in [3.63, 3.8) is 0 Å². The lowest BCUT2D eigenvalue weighted by atomic mass is 10.1. The van der Waals surface area contributed by atoms with Crippen LogP contribution in [-0.4, -0.2) is 28.0 Å². The first kappa shape index (κ1) is 12.4. The van der Waals surface area contributed by atoms with Gasteiger partial charge in [-0.3, -0.25) is 11.3 Å². The van der Waals surface area contributed by atoms with Crippen LogP contribution < -0.4 is 11.3 Å². The summed E-state index contributed by atoms with van der Waals surface area (Å²) < 4.78 is 0. The lowest BCUT2D eigenvalue weighted by Gasteiger charge is -2.35. The minimum absolute atomic E-state index is 0.384. The van der Waals surface area contributed by atoms with E-state index < -0.39 is 0 Å². The molecule has 3 atom stereocenters. The van der Waals surface area contributed by atoms with Gasteiger partial charge in [0.1, 0.15) is 0 Å². The van der Waals surface area contributed by atoms with E-state index in [1.165, 1.54) is 17.9 Å². The Morgan fingerprint density at radius 2 is 2.29 bits per heavy atom. The number of nitrogens with two attached hydrogens (primary N) is 1. The Hall–Kier alpha value is 0.360. The third-order valence-electron chi connectivity index (χ3n) is 2.53. The summed E-state index contributed by atoms with van der Waals surface area (Å²) in [6, 6.07) is 0.384. The molecule has 0 bridgehead atoms. The highest BCUT2D eigenvalue weighted by Gasteiger charge is 2.30. The van der Waals surface area contributed by atoms with Gasteiger partial charge >= 0.3 is 0 Å². The van der Waals surface area contributed by atoms with Crippen molar-refractivity contribution >= 4 is 23.5 Å². The molecule has 0 spiro atoms. The first-order valence-electron chi connectivity index (χ1n) is 5.13. The van der Waals surface area contributed by atoms with Crippen LogP contribution in [0.4, 0.5) is 0 Å². The van der Waals surface area contributed by atoms with Crippen LogP contribution in [0.5, 0.6) is 0 Å². The van der Waals surface area contributed by atoms with Crippen LogP contribution in [0.15, 0.2) is 12.7 Å². The molecule has 1 rings (SSSR count). The van der Waals surface area contributed by atoms with E-state index in [4.69, 9.17) is 5.84 Å². The third kappa shape index (κ3) is 3.19. The Bertz CT molecular complexity index is 176. The van der Waals surface area contributed by atoms with Gasteiger partial charge in [0.25, 0.3) is 0 Å². The zero-order valence-electron chi connectivity index (χ0n) is 8.74. The summed E-state index contributed by atoms with van der Waals surface area (Å²) in [6.45, 7) is 6.04. The Morgan fingerprint density at radius 1 is 1.57 bits per heavy atom. The van der Waals surface area contributed by atoms with Crippen LogP contribution in [0, 0.1) is 0 Å². The number of nitrogens with one attached hydrogen (secondary N) is 1. The number of thioether (sulfide) groups is 2. The van der Waals surface area contributed by atoms with Crippen LogP contribution in [-0.2, 0) is 0 Å². The fourth-order valence-corrected chi connectivity index (χ4v) is 5.05. The van der Waals surface area contributed by atoms with Crippen molar-refractivity contribution in [1.29, 1.82) is 0 Å². The van der Waals surface area contributed by atoms with Crippen LogP contribution in [0.25, 0.3) is 0 Å². The first-order valence-corrected chi connectivity index (χ1v) is 7.23. The van der Waals surface area contributed by atoms with Gasteiger partial charge in [-0.05, 0) is 12.8 Å². The van der Waals surface area contributed by atoms with Crippen LogP contribution in [0.3, 0.4) is 0 Å². The lowest BCUT2D eigenvalue weighted by molar-refractivity contribution is 0.497. The van der Waals surface area contributed by atoms with E-state index in [1.807, 2.05) is 6.08 Å². The Labute approximate surface area is 95.4 Å². The summed E-state index contributed by atoms with van der Waals surface area (Å²) in [7, 11) is 0. The molecular weight excluding hydrogens is 212 g/mol. The van der Waals surface area contributed by atoms with Gasteiger partial charge in [0, 0.05) is 28.0 Å². The van der Waals surface area contributed by atoms with Crippen molar-refractivity contribution in [2.75, 3.05) is 11.5 Å². The van der Waals surface area contributed by atoms with Crippen LogP contribution in [0.2, 0.25) is 0 Å². The van der Waals surface area contributed by atoms with Gasteiger partial charge in [0.2, 0.25) is 0 Å². The topological polar surface area (TPSA) is 38.0 Å². The van der Waals surface area contributed by atoms with Gasteiger partial charge in [0.15, 0.2) is 0 Å². The van der Waals surface area contributed by atoms with Crippen molar-refractivity contribution in [2.24, 2.45) is 5.84 Å². The molecule has 0 aromatic heterocycles. The second kappa shape index (κ2) is 6.77. The van der Waals surface area contributed by atoms with E-state index in [1.54, 1.807) is 0 Å². The van der Waals surface area contributed by atoms with Gasteiger partial charge in [0.05, 0.1) is 0 Å². The average Bonchev–Trinajstić information content (AvgIpc) is 2.26. The smallest absolute Gasteiger partial charge is 0.0374 e. The van der Waals surface area contributed by atoms with Crippen molar-refractivity contribution in [3.8, 4) is 0 Å².